The summed E-state index contributed by atoms with van der Waals surface area (Å²) in [4.78, 5) is 12.5. The van der Waals surface area contributed by atoms with Crippen LogP contribution in [0.2, 0.25) is 0 Å². The average Bonchev–Trinajstić information content (AvgIpc) is 2.48. The van der Waals surface area contributed by atoms with Crippen molar-refractivity contribution in [2.24, 2.45) is 5.92 Å². The van der Waals surface area contributed by atoms with Crippen molar-refractivity contribution in [2.45, 2.75) is 26.2 Å². The molecule has 1 N–H and O–H groups in total. The Bertz CT molecular complexity index is 159. The number of hydrogen-bond donors (Lipinski definition) is 1. The van der Waals surface area contributed by atoms with E-state index in [-0.39, 0.29) is 6.42 Å². The minimum Gasteiger partial charge on any atom is -0.481 e. The van der Waals surface area contributed by atoms with E-state index in [1.807, 2.05) is 0 Å². The highest BCUT2D eigenvalue weighted by Gasteiger charge is 2.20. The number of carboxylic acid groups (broad SMARTS) is 1. The Hall–Kier alpha value is -0.570. The lowest BCUT2D eigenvalue weighted by molar-refractivity contribution is -0.137. The minimum absolute atomic E-state index is 0.288. The highest BCUT2D eigenvalue weighted by atomic mass is 16.4. The lowest BCUT2D eigenvalue weighted by Crippen LogP contribution is -2.23. The van der Waals surface area contributed by atoms with Crippen LogP contribution in [0.3, 0.4) is 0 Å². The number of likely N-dealkylation sites (tertiary alicyclic amines) is 1. The molecule has 0 radical (unpaired) electrons. The molecule has 0 aromatic carbocycles. The van der Waals surface area contributed by atoms with E-state index in [0.29, 0.717) is 0 Å². The van der Waals surface area contributed by atoms with E-state index in [2.05, 4.69) is 11.8 Å². The lowest BCUT2D eigenvalue weighted by Gasteiger charge is -2.13. The zero-order chi connectivity index (χ0) is 8.97. The van der Waals surface area contributed by atoms with Gasteiger partial charge in [-0.15, -0.1) is 0 Å². The van der Waals surface area contributed by atoms with Crippen LogP contribution in [0.4, 0.5) is 0 Å². The number of nitrogens with zero attached hydrogens (tertiary/aromatic N) is 1. The molecule has 1 unspecified atom stereocenters. The van der Waals surface area contributed by atoms with Crippen LogP contribution in [0.1, 0.15) is 26.2 Å². The number of carbonyl (C=O) groups is 1. The molecule has 3 nitrogen and oxygen atoms in total. The molecule has 12 heavy (non-hydrogen) atoms. The summed E-state index contributed by atoms with van der Waals surface area (Å²) in [5.41, 5.74) is 0. The van der Waals surface area contributed by atoms with Gasteiger partial charge in [0.2, 0.25) is 0 Å². The molecule has 1 fully saturated rings. The third kappa shape index (κ3) is 2.81. The van der Waals surface area contributed by atoms with Gasteiger partial charge >= 0.3 is 5.97 Å². The highest BCUT2D eigenvalue weighted by Crippen LogP contribution is 2.18. The van der Waals surface area contributed by atoms with Crippen molar-refractivity contribution < 1.29 is 9.90 Å². The SMILES string of the molecule is CCC1CCN(CCC(=O)O)C1. The predicted octanol–water partition coefficient (Wildman–Crippen LogP) is 1.19. The second-order valence-electron chi connectivity index (χ2n) is 3.51. The van der Waals surface area contributed by atoms with Crippen LogP contribution < -0.4 is 0 Å². The van der Waals surface area contributed by atoms with Crippen molar-refractivity contribution in [3.8, 4) is 0 Å². The van der Waals surface area contributed by atoms with Gasteiger partial charge in [0.25, 0.3) is 0 Å². The largest absolute Gasteiger partial charge is 0.481 e. The van der Waals surface area contributed by atoms with E-state index in [1.54, 1.807) is 0 Å². The number of carboxylic acids is 1. The summed E-state index contributed by atoms with van der Waals surface area (Å²) >= 11 is 0. The van der Waals surface area contributed by atoms with Crippen molar-refractivity contribution in [3.05, 3.63) is 0 Å². The van der Waals surface area contributed by atoms with Gasteiger partial charge < -0.3 is 10.0 Å². The first-order valence-electron chi connectivity index (χ1n) is 4.66. The molecular weight excluding hydrogens is 154 g/mol. The fraction of sp³-hybridized carbons (Fsp3) is 0.889. The van der Waals surface area contributed by atoms with Gasteiger partial charge in [-0.3, -0.25) is 4.79 Å². The molecule has 3 heteroatoms. The van der Waals surface area contributed by atoms with Crippen molar-refractivity contribution in [3.63, 3.8) is 0 Å². The van der Waals surface area contributed by atoms with Crippen molar-refractivity contribution in [1.82, 2.24) is 4.90 Å². The number of rotatable bonds is 4. The van der Waals surface area contributed by atoms with Gasteiger partial charge in [0.15, 0.2) is 0 Å². The summed E-state index contributed by atoms with van der Waals surface area (Å²) < 4.78 is 0. The van der Waals surface area contributed by atoms with Crippen molar-refractivity contribution in [2.75, 3.05) is 19.6 Å². The zero-order valence-electron chi connectivity index (χ0n) is 7.62. The van der Waals surface area contributed by atoms with Crippen LogP contribution in [-0.2, 0) is 4.79 Å². The van der Waals surface area contributed by atoms with E-state index in [0.717, 1.165) is 25.6 Å². The van der Waals surface area contributed by atoms with Crippen molar-refractivity contribution in [1.29, 1.82) is 0 Å². The maximum absolute atomic E-state index is 10.3. The molecule has 70 valence electrons. The standard InChI is InChI=1S/C9H17NO2/c1-2-8-3-5-10(7-8)6-4-9(11)12/h8H,2-7H2,1H3,(H,11,12). The number of hydrogen-bond acceptors (Lipinski definition) is 2. The summed E-state index contributed by atoms with van der Waals surface area (Å²) in [5, 5.41) is 8.47. The Balaban J connectivity index is 2.15. The van der Waals surface area contributed by atoms with Crippen LogP contribution in [0.5, 0.6) is 0 Å². The van der Waals surface area contributed by atoms with Crippen molar-refractivity contribution >= 4 is 5.97 Å². The van der Waals surface area contributed by atoms with Gasteiger partial charge in [-0.1, -0.05) is 13.3 Å². The molecule has 0 amide bonds. The van der Waals surface area contributed by atoms with E-state index >= 15 is 0 Å². The molecule has 0 aromatic heterocycles. The Morgan fingerprint density at radius 1 is 1.67 bits per heavy atom. The molecule has 1 aliphatic rings. The summed E-state index contributed by atoms with van der Waals surface area (Å²) in [5.74, 6) is 0.119. The summed E-state index contributed by atoms with van der Waals surface area (Å²) in [7, 11) is 0. The Kier molecular flexibility index (Phi) is 3.53. The molecule has 1 atom stereocenters. The fourth-order valence-electron chi connectivity index (χ4n) is 1.70. The average molecular weight is 171 g/mol. The first kappa shape index (κ1) is 9.52. The minimum atomic E-state index is -0.685. The Morgan fingerprint density at radius 2 is 2.42 bits per heavy atom. The summed E-state index contributed by atoms with van der Waals surface area (Å²) in [6.45, 7) is 5.12. The van der Waals surface area contributed by atoms with Gasteiger partial charge in [0, 0.05) is 13.1 Å². The van der Waals surface area contributed by atoms with Crippen LogP contribution in [-0.4, -0.2) is 35.6 Å². The molecule has 1 aliphatic heterocycles. The quantitative estimate of drug-likeness (QED) is 0.690. The molecule has 0 bridgehead atoms. The van der Waals surface area contributed by atoms with Gasteiger partial charge in [0.1, 0.15) is 0 Å². The van der Waals surface area contributed by atoms with Gasteiger partial charge in [-0.05, 0) is 18.9 Å². The molecule has 1 saturated heterocycles. The third-order valence-corrected chi connectivity index (χ3v) is 2.59. The molecule has 0 spiro atoms. The van der Waals surface area contributed by atoms with Gasteiger partial charge in [0.05, 0.1) is 6.42 Å². The fourth-order valence-corrected chi connectivity index (χ4v) is 1.70. The first-order chi connectivity index (χ1) is 5.72. The van der Waals surface area contributed by atoms with E-state index in [1.165, 1.54) is 12.8 Å². The van der Waals surface area contributed by atoms with E-state index in [9.17, 15) is 4.79 Å². The molecule has 1 rings (SSSR count). The lowest BCUT2D eigenvalue weighted by atomic mass is 10.1. The second-order valence-corrected chi connectivity index (χ2v) is 3.51. The number of aliphatic carboxylic acids is 1. The van der Waals surface area contributed by atoms with Crippen LogP contribution in [0, 0.1) is 5.92 Å². The molecule has 1 heterocycles. The molecule has 0 aromatic rings. The Labute approximate surface area is 73.4 Å². The maximum atomic E-state index is 10.3. The van der Waals surface area contributed by atoms with Gasteiger partial charge in [-0.2, -0.15) is 0 Å². The third-order valence-electron chi connectivity index (χ3n) is 2.59. The first-order valence-corrected chi connectivity index (χ1v) is 4.66. The smallest absolute Gasteiger partial charge is 0.304 e. The molecule has 0 saturated carbocycles. The van der Waals surface area contributed by atoms with Crippen LogP contribution in [0.15, 0.2) is 0 Å². The maximum Gasteiger partial charge on any atom is 0.304 e. The van der Waals surface area contributed by atoms with E-state index < -0.39 is 5.97 Å². The topological polar surface area (TPSA) is 40.5 Å². The van der Waals surface area contributed by atoms with Crippen LogP contribution >= 0.6 is 0 Å². The monoisotopic (exact) mass is 171 g/mol. The predicted molar refractivity (Wildman–Crippen MR) is 47.1 cm³/mol. The van der Waals surface area contributed by atoms with Crippen LogP contribution in [0.25, 0.3) is 0 Å². The second kappa shape index (κ2) is 4.45. The summed E-state index contributed by atoms with van der Waals surface area (Å²) in [6, 6.07) is 0. The molecule has 0 aliphatic carbocycles. The van der Waals surface area contributed by atoms with E-state index in [4.69, 9.17) is 5.11 Å². The summed E-state index contributed by atoms with van der Waals surface area (Å²) in [6.07, 6.45) is 2.76. The highest BCUT2D eigenvalue weighted by molar-refractivity contribution is 5.66. The Morgan fingerprint density at radius 3 is 2.92 bits per heavy atom. The van der Waals surface area contributed by atoms with Gasteiger partial charge in [-0.25, -0.2) is 0 Å². The normalized spacial score (nSPS) is 24.6. The zero-order valence-corrected chi connectivity index (χ0v) is 7.62. The molecular formula is C9H17NO2.